The van der Waals surface area contributed by atoms with E-state index < -0.39 is 127 Å². The van der Waals surface area contributed by atoms with E-state index in [1.807, 2.05) is 39.0 Å². The van der Waals surface area contributed by atoms with Gasteiger partial charge in [-0.3, -0.25) is 28.8 Å². The second-order valence-corrected chi connectivity index (χ2v) is 21.5. The minimum absolute atomic E-state index is 0.0402. The Hall–Kier alpha value is -4.27. The van der Waals surface area contributed by atoms with Crippen LogP contribution >= 0.6 is 0 Å². The van der Waals surface area contributed by atoms with Crippen molar-refractivity contribution in [2.24, 2.45) is 40.9 Å². The van der Waals surface area contributed by atoms with Crippen molar-refractivity contribution in [2.75, 3.05) is 41.1 Å². The predicted molar refractivity (Wildman–Crippen MR) is 274 cm³/mol. The quantitative estimate of drug-likeness (QED) is 0.114. The number of Topliss-reactive ketones (excluding diaryl/α,β-unsaturated/α-hetero) is 4. The average molecular weight is 1050 g/mol. The van der Waals surface area contributed by atoms with Crippen LogP contribution in [0.4, 0.5) is 0 Å². The van der Waals surface area contributed by atoms with Crippen LogP contribution in [-0.4, -0.2) is 167 Å². The van der Waals surface area contributed by atoms with Crippen molar-refractivity contribution in [2.45, 2.75) is 181 Å². The second-order valence-electron chi connectivity index (χ2n) is 21.5. The summed E-state index contributed by atoms with van der Waals surface area (Å²) in [6, 6.07) is -1.28. The molecule has 0 spiro atoms. The Morgan fingerprint density at radius 3 is 2.12 bits per heavy atom. The lowest BCUT2D eigenvalue weighted by Crippen LogP contribution is -2.53. The summed E-state index contributed by atoms with van der Waals surface area (Å²) in [6.07, 6.45) is 5.28. The SMILES string of the molecule is CO[C@H]1CC(O)CC(O)[C@@H](C)C(=O)C(=O)C(=O)N2CCCC[C@H]2C(=O)O[C@H]([C@H](C)C[C@@H]2CC[C@@H](OC(=O)C(C)(CO)CO)[C@H](OC)C2)CC(=O)[C@H](C)/C=C(\C)[C@@H](O)[C@@H](OC)C(=O)[C@H](C)C[C@H](C)/C=C/C=C/C=C1C. The van der Waals surface area contributed by atoms with Gasteiger partial charge in [0.2, 0.25) is 5.78 Å². The Kier molecular flexibility index (Phi) is 26.4. The van der Waals surface area contributed by atoms with E-state index in [1.54, 1.807) is 39.0 Å². The van der Waals surface area contributed by atoms with Gasteiger partial charge in [-0.25, -0.2) is 4.79 Å². The Bertz CT molecular complexity index is 2020. The number of ether oxygens (including phenoxy) is 5. The number of amides is 1. The fourth-order valence-corrected chi connectivity index (χ4v) is 10.1. The summed E-state index contributed by atoms with van der Waals surface area (Å²) in [4.78, 5) is 97.4. The van der Waals surface area contributed by atoms with Crippen molar-refractivity contribution in [3.05, 3.63) is 47.6 Å². The fraction of sp³-hybridized carbons (Fsp3) is 0.732. The number of ketones is 4. The molecule has 5 N–H and O–H groups in total. The molecule has 3 aliphatic rings. The lowest BCUT2D eigenvalue weighted by molar-refractivity contribution is -0.177. The minimum atomic E-state index is -1.50. The minimum Gasteiger partial charge on any atom is -0.460 e. The molecule has 1 saturated carbocycles. The summed E-state index contributed by atoms with van der Waals surface area (Å²) < 4.78 is 28.9. The number of fused-ring (bicyclic) bond motifs is 1. The smallest absolute Gasteiger partial charge is 0.329 e. The first-order chi connectivity index (χ1) is 34.9. The highest BCUT2D eigenvalue weighted by atomic mass is 16.6. The molecular weight excluding hydrogens is 959 g/mol. The van der Waals surface area contributed by atoms with Gasteiger partial charge in [0.25, 0.3) is 11.7 Å². The molecule has 418 valence electrons. The number of carbonyl (C=O) groups is 7. The molecule has 15 atom stereocenters. The Labute approximate surface area is 437 Å². The van der Waals surface area contributed by atoms with Gasteiger partial charge in [0.1, 0.15) is 41.7 Å². The van der Waals surface area contributed by atoms with E-state index in [0.29, 0.717) is 50.5 Å². The van der Waals surface area contributed by atoms with Gasteiger partial charge in [0.05, 0.1) is 37.6 Å². The highest BCUT2D eigenvalue weighted by molar-refractivity contribution is 6.63. The molecule has 0 aromatic rings. The zero-order chi connectivity index (χ0) is 55.6. The number of hydrogen-bond acceptors (Lipinski definition) is 17. The number of rotatable bonds is 10. The lowest BCUT2D eigenvalue weighted by Gasteiger charge is -2.38. The van der Waals surface area contributed by atoms with Crippen molar-refractivity contribution < 1.29 is 82.8 Å². The fourth-order valence-electron chi connectivity index (χ4n) is 10.1. The first-order valence-electron chi connectivity index (χ1n) is 26.3. The van der Waals surface area contributed by atoms with Gasteiger partial charge in [-0.1, -0.05) is 71.1 Å². The van der Waals surface area contributed by atoms with E-state index in [4.69, 9.17) is 23.7 Å². The summed E-state index contributed by atoms with van der Waals surface area (Å²) in [5.41, 5.74) is -0.427. The highest BCUT2D eigenvalue weighted by Gasteiger charge is 2.44. The third-order valence-electron chi connectivity index (χ3n) is 15.4. The third kappa shape index (κ3) is 17.9. The van der Waals surface area contributed by atoms with Crippen LogP contribution in [-0.2, 0) is 57.2 Å². The molecule has 74 heavy (non-hydrogen) atoms. The van der Waals surface area contributed by atoms with E-state index in [2.05, 4.69) is 0 Å². The number of hydrogen-bond donors (Lipinski definition) is 5. The molecule has 2 heterocycles. The molecule has 2 unspecified atom stereocenters. The zero-order valence-corrected chi connectivity index (χ0v) is 45.6. The van der Waals surface area contributed by atoms with Crippen molar-refractivity contribution >= 4 is 41.0 Å². The number of nitrogens with zero attached hydrogens (tertiary/aromatic N) is 1. The molecule has 1 amide bonds. The first kappa shape index (κ1) is 64.0. The normalized spacial score (nSPS) is 35.0. The van der Waals surface area contributed by atoms with Gasteiger partial charge in [0.15, 0.2) is 5.78 Å². The molecular formula is C56H87NO17. The van der Waals surface area contributed by atoms with Gasteiger partial charge in [-0.05, 0) is 101 Å². The number of esters is 2. The Balaban J connectivity index is 2.01. The van der Waals surface area contributed by atoms with Gasteiger partial charge in [-0.15, -0.1) is 0 Å². The van der Waals surface area contributed by atoms with Crippen molar-refractivity contribution in [3.63, 3.8) is 0 Å². The van der Waals surface area contributed by atoms with Gasteiger partial charge in [0, 0.05) is 64.9 Å². The zero-order valence-electron chi connectivity index (χ0n) is 45.6. The van der Waals surface area contributed by atoms with E-state index in [-0.39, 0.29) is 55.6 Å². The van der Waals surface area contributed by atoms with Crippen molar-refractivity contribution in [1.29, 1.82) is 0 Å². The van der Waals surface area contributed by atoms with Crippen LogP contribution in [0.15, 0.2) is 47.6 Å². The maximum absolute atomic E-state index is 14.4. The summed E-state index contributed by atoms with van der Waals surface area (Å²) >= 11 is 0. The van der Waals surface area contributed by atoms with Crippen LogP contribution in [0.25, 0.3) is 0 Å². The third-order valence-corrected chi connectivity index (χ3v) is 15.4. The number of piperidine rings is 1. The number of allylic oxidation sites excluding steroid dienone is 6. The summed E-state index contributed by atoms with van der Waals surface area (Å²) in [5.74, 6) is -9.49. The predicted octanol–water partition coefficient (Wildman–Crippen LogP) is 4.54. The number of cyclic esters (lactones) is 1. The number of carbonyl (C=O) groups excluding carboxylic acids is 7. The molecule has 18 nitrogen and oxygen atoms in total. The van der Waals surface area contributed by atoms with Crippen LogP contribution in [0.5, 0.6) is 0 Å². The highest BCUT2D eigenvalue weighted by Crippen LogP contribution is 2.36. The molecule has 0 bridgehead atoms. The molecule has 2 fully saturated rings. The van der Waals surface area contributed by atoms with Crippen molar-refractivity contribution in [1.82, 2.24) is 4.90 Å². The van der Waals surface area contributed by atoms with Gasteiger partial charge < -0.3 is 54.1 Å². The molecule has 18 heteroatoms. The molecule has 3 rings (SSSR count). The molecule has 2 aliphatic heterocycles. The standard InChI is InChI=1S/C56H87NO17/c1-32-17-13-12-14-18-33(2)45(70-9)28-40(60)27-43(62)38(7)50(65)51(66)53(67)57-22-16-15-19-41(57)54(68)73-46(29-42(61)34(3)24-37(6)49(64)52(72-11)48(63)36(5)23-32)35(4)25-39-20-21-44(47(26-39)71-10)74-55(69)56(8,30-58)31-59/h12-14,17-18,24,32,34-36,38-41,43-47,49,52,58-60,62,64H,15-16,19-23,25-31H2,1-11H3/b14-12+,17-13+,33-18?,37-24+/t32-,34-,35-,36-,38-,39+,40?,41+,43?,44-,45+,46+,47-,49-,52+/m1/s1. The molecule has 1 aliphatic carbocycles. The monoisotopic (exact) mass is 1050 g/mol. The van der Waals surface area contributed by atoms with E-state index >= 15 is 0 Å². The van der Waals surface area contributed by atoms with Gasteiger partial charge >= 0.3 is 11.9 Å². The second kappa shape index (κ2) is 30.5. The summed E-state index contributed by atoms with van der Waals surface area (Å²) in [5, 5.41) is 53.1. The maximum Gasteiger partial charge on any atom is 0.329 e. The number of aliphatic hydroxyl groups excluding tert-OH is 5. The largest absolute Gasteiger partial charge is 0.460 e. The average Bonchev–Trinajstić information content (AvgIpc) is 3.38. The van der Waals surface area contributed by atoms with Crippen molar-refractivity contribution in [3.8, 4) is 0 Å². The van der Waals surface area contributed by atoms with Crippen LogP contribution in [0.3, 0.4) is 0 Å². The summed E-state index contributed by atoms with van der Waals surface area (Å²) in [7, 11) is 4.29. The molecule has 0 radical (unpaired) electrons. The molecule has 0 aromatic heterocycles. The maximum atomic E-state index is 14.4. The summed E-state index contributed by atoms with van der Waals surface area (Å²) in [6.45, 7) is 12.0. The van der Waals surface area contributed by atoms with E-state index in [1.165, 1.54) is 35.2 Å². The number of methoxy groups -OCH3 is 3. The lowest BCUT2D eigenvalue weighted by atomic mass is 9.78. The molecule has 1 saturated heterocycles. The molecule has 0 aromatic carbocycles. The van der Waals surface area contributed by atoms with Crippen LogP contribution in [0.2, 0.25) is 0 Å². The van der Waals surface area contributed by atoms with Gasteiger partial charge in [-0.2, -0.15) is 0 Å². The van der Waals surface area contributed by atoms with Crippen LogP contribution < -0.4 is 0 Å². The van der Waals surface area contributed by atoms with E-state index in [0.717, 1.165) is 10.5 Å². The number of aliphatic hydroxyl groups is 5. The topological polar surface area (TPSA) is 270 Å². The van der Waals surface area contributed by atoms with Crippen LogP contribution in [0.1, 0.15) is 126 Å². The Morgan fingerprint density at radius 1 is 0.824 bits per heavy atom. The van der Waals surface area contributed by atoms with E-state index in [9.17, 15) is 59.1 Å². The van der Waals surface area contributed by atoms with Crippen LogP contribution in [0, 0.1) is 40.9 Å². The first-order valence-corrected chi connectivity index (χ1v) is 26.3. The Morgan fingerprint density at radius 2 is 1.50 bits per heavy atom.